The molecule has 5 aromatic rings. The van der Waals surface area contributed by atoms with Crippen molar-refractivity contribution < 1.29 is 4.79 Å². The molecule has 0 atom stereocenters. The Kier molecular flexibility index (Phi) is 5.74. The van der Waals surface area contributed by atoms with Crippen LogP contribution in [0.2, 0.25) is 5.02 Å². The van der Waals surface area contributed by atoms with E-state index in [9.17, 15) is 4.79 Å². The van der Waals surface area contributed by atoms with Crippen molar-refractivity contribution in [2.45, 2.75) is 6.54 Å². The van der Waals surface area contributed by atoms with Gasteiger partial charge >= 0.3 is 0 Å². The highest BCUT2D eigenvalue weighted by Crippen LogP contribution is 2.24. The predicted molar refractivity (Wildman–Crippen MR) is 130 cm³/mol. The molecule has 0 saturated heterocycles. The molecule has 3 aromatic carbocycles. The normalized spacial score (nSPS) is 10.8. The number of halogens is 1. The third-order valence-corrected chi connectivity index (χ3v) is 5.39. The number of amides is 1. The summed E-state index contributed by atoms with van der Waals surface area (Å²) in [6, 6.07) is 27.0. The first-order chi connectivity index (χ1) is 16.2. The number of benzene rings is 3. The second-order valence-electron chi connectivity index (χ2n) is 7.55. The lowest BCUT2D eigenvalue weighted by Crippen LogP contribution is -2.12. The van der Waals surface area contributed by atoms with E-state index < -0.39 is 0 Å². The first-order valence-corrected chi connectivity index (χ1v) is 10.8. The van der Waals surface area contributed by atoms with Crippen LogP contribution in [0, 0.1) is 0 Å². The monoisotopic (exact) mass is 453 g/mol. The summed E-state index contributed by atoms with van der Waals surface area (Å²) in [6.45, 7) is 0.553. The highest BCUT2D eigenvalue weighted by Gasteiger charge is 2.19. The van der Waals surface area contributed by atoms with Crippen LogP contribution in [0.1, 0.15) is 15.9 Å². The third-order valence-electron chi connectivity index (χ3n) is 5.15. The van der Waals surface area contributed by atoms with Crippen LogP contribution in [-0.2, 0) is 6.54 Å². The van der Waals surface area contributed by atoms with Crippen LogP contribution in [0.3, 0.4) is 0 Å². The van der Waals surface area contributed by atoms with Crippen LogP contribution in [0.5, 0.6) is 0 Å². The molecule has 0 saturated carbocycles. The quantitative estimate of drug-likeness (QED) is 0.359. The zero-order valence-electron chi connectivity index (χ0n) is 17.6. The van der Waals surface area contributed by atoms with Crippen LogP contribution >= 0.6 is 11.6 Å². The summed E-state index contributed by atoms with van der Waals surface area (Å²) in [5.74, 6) is -0.252. The van der Waals surface area contributed by atoms with Gasteiger partial charge in [-0.05, 0) is 29.8 Å². The van der Waals surface area contributed by atoms with Crippen LogP contribution < -0.4 is 5.32 Å². The zero-order chi connectivity index (χ0) is 22.6. The van der Waals surface area contributed by atoms with Gasteiger partial charge in [0.2, 0.25) is 0 Å². The average Bonchev–Trinajstić information content (AvgIpc) is 3.48. The minimum Gasteiger partial charge on any atom is -0.319 e. The fraction of sp³-hybridized carbons (Fsp3) is 0.0385. The van der Waals surface area contributed by atoms with Gasteiger partial charge in [0.15, 0.2) is 0 Å². The third kappa shape index (κ3) is 4.71. The maximum atomic E-state index is 13.2. The standard InChI is InChI=1S/C26H20ClN5O/c27-21-11-7-8-19(14-21)16-31-17-22(15-28-31)29-26(33)24-18-32(23-12-5-2-6-13-23)30-25(24)20-9-3-1-4-10-20/h1-15,17-18H,16H2,(H,29,33). The Morgan fingerprint density at radius 3 is 2.42 bits per heavy atom. The Balaban J connectivity index is 1.41. The second-order valence-corrected chi connectivity index (χ2v) is 7.98. The van der Waals surface area contributed by atoms with E-state index in [1.54, 1.807) is 28.0 Å². The van der Waals surface area contributed by atoms with Crippen molar-refractivity contribution in [3.63, 3.8) is 0 Å². The molecule has 0 aliphatic rings. The molecule has 6 nitrogen and oxygen atoms in total. The Morgan fingerprint density at radius 2 is 1.67 bits per heavy atom. The number of hydrogen-bond acceptors (Lipinski definition) is 3. The molecule has 162 valence electrons. The Labute approximate surface area is 196 Å². The highest BCUT2D eigenvalue weighted by atomic mass is 35.5. The smallest absolute Gasteiger partial charge is 0.259 e. The molecule has 5 rings (SSSR count). The topological polar surface area (TPSA) is 64.7 Å². The average molecular weight is 454 g/mol. The largest absolute Gasteiger partial charge is 0.319 e. The van der Waals surface area contributed by atoms with Crippen LogP contribution in [-0.4, -0.2) is 25.5 Å². The van der Waals surface area contributed by atoms with Crippen LogP contribution in [0.25, 0.3) is 16.9 Å². The number of rotatable bonds is 6. The SMILES string of the molecule is O=C(Nc1cnn(Cc2cccc(Cl)c2)c1)c1cn(-c2ccccc2)nc1-c1ccccc1. The lowest BCUT2D eigenvalue weighted by atomic mass is 10.1. The van der Waals surface area contributed by atoms with Gasteiger partial charge in [0.1, 0.15) is 5.69 Å². The van der Waals surface area contributed by atoms with Gasteiger partial charge < -0.3 is 5.32 Å². The summed E-state index contributed by atoms with van der Waals surface area (Å²) >= 11 is 6.07. The van der Waals surface area contributed by atoms with Gasteiger partial charge in [0.05, 0.1) is 29.7 Å². The first-order valence-electron chi connectivity index (χ1n) is 10.4. The van der Waals surface area contributed by atoms with Gasteiger partial charge in [-0.3, -0.25) is 9.48 Å². The number of nitrogens with zero attached hydrogens (tertiary/aromatic N) is 4. The van der Waals surface area contributed by atoms with E-state index in [2.05, 4.69) is 10.4 Å². The van der Waals surface area contributed by atoms with Crippen molar-refractivity contribution in [2.24, 2.45) is 0 Å². The molecule has 2 aromatic heterocycles. The number of carbonyl (C=O) groups excluding carboxylic acids is 1. The predicted octanol–water partition coefficient (Wildman–Crippen LogP) is 5.69. The van der Waals surface area contributed by atoms with Gasteiger partial charge in [-0.15, -0.1) is 0 Å². The minimum atomic E-state index is -0.252. The van der Waals surface area contributed by atoms with E-state index in [-0.39, 0.29) is 5.91 Å². The summed E-state index contributed by atoms with van der Waals surface area (Å²) in [7, 11) is 0. The van der Waals surface area contributed by atoms with Crippen molar-refractivity contribution in [3.05, 3.63) is 120 Å². The van der Waals surface area contributed by atoms with Gasteiger partial charge in [0.25, 0.3) is 5.91 Å². The van der Waals surface area contributed by atoms with E-state index in [0.717, 1.165) is 16.8 Å². The van der Waals surface area contributed by atoms with Gasteiger partial charge in [-0.2, -0.15) is 10.2 Å². The summed E-state index contributed by atoms with van der Waals surface area (Å²) in [5.41, 5.74) is 4.47. The molecule has 1 N–H and O–H groups in total. The summed E-state index contributed by atoms with van der Waals surface area (Å²) < 4.78 is 3.48. The van der Waals surface area contributed by atoms with E-state index in [4.69, 9.17) is 16.7 Å². The zero-order valence-corrected chi connectivity index (χ0v) is 18.4. The van der Waals surface area contributed by atoms with E-state index >= 15 is 0 Å². The summed E-state index contributed by atoms with van der Waals surface area (Å²) in [5, 5.41) is 12.7. The van der Waals surface area contributed by atoms with Crippen molar-refractivity contribution in [1.82, 2.24) is 19.6 Å². The van der Waals surface area contributed by atoms with E-state index in [1.165, 1.54) is 0 Å². The molecule has 0 aliphatic heterocycles. The molecule has 0 aliphatic carbocycles. The first kappa shape index (κ1) is 20.7. The van der Waals surface area contributed by atoms with Crippen molar-refractivity contribution in [1.29, 1.82) is 0 Å². The van der Waals surface area contributed by atoms with E-state index in [1.807, 2.05) is 84.9 Å². The van der Waals surface area contributed by atoms with Crippen molar-refractivity contribution >= 4 is 23.2 Å². The fourth-order valence-corrected chi connectivity index (χ4v) is 3.81. The molecule has 2 heterocycles. The maximum absolute atomic E-state index is 13.2. The Hall–Kier alpha value is -4.16. The molecular weight excluding hydrogens is 434 g/mol. The lowest BCUT2D eigenvalue weighted by molar-refractivity contribution is 0.102. The molecule has 0 fully saturated rings. The number of carbonyl (C=O) groups is 1. The Bertz CT molecular complexity index is 1390. The molecule has 33 heavy (non-hydrogen) atoms. The molecule has 0 radical (unpaired) electrons. The maximum Gasteiger partial charge on any atom is 0.259 e. The van der Waals surface area contributed by atoms with Gasteiger partial charge in [-0.25, -0.2) is 4.68 Å². The molecule has 0 bridgehead atoms. The Morgan fingerprint density at radius 1 is 0.909 bits per heavy atom. The number of para-hydroxylation sites is 1. The van der Waals surface area contributed by atoms with Crippen LogP contribution in [0.15, 0.2) is 104 Å². The number of anilines is 1. The van der Waals surface area contributed by atoms with Crippen LogP contribution in [0.4, 0.5) is 5.69 Å². The fourth-order valence-electron chi connectivity index (χ4n) is 3.60. The van der Waals surface area contributed by atoms with E-state index in [0.29, 0.717) is 28.5 Å². The minimum absolute atomic E-state index is 0.252. The molecule has 7 heteroatoms. The highest BCUT2D eigenvalue weighted by molar-refractivity contribution is 6.30. The van der Waals surface area contributed by atoms with Crippen molar-refractivity contribution in [2.75, 3.05) is 5.32 Å². The number of nitrogens with one attached hydrogen (secondary N) is 1. The second kappa shape index (κ2) is 9.14. The molecule has 1 amide bonds. The summed E-state index contributed by atoms with van der Waals surface area (Å²) in [4.78, 5) is 13.2. The van der Waals surface area contributed by atoms with Gasteiger partial charge in [0, 0.05) is 23.0 Å². The lowest BCUT2D eigenvalue weighted by Gasteiger charge is -2.04. The summed E-state index contributed by atoms with van der Waals surface area (Å²) in [6.07, 6.45) is 5.18. The molecule has 0 spiro atoms. The number of hydrogen-bond donors (Lipinski definition) is 1. The molecular formula is C26H20ClN5O. The van der Waals surface area contributed by atoms with Gasteiger partial charge in [-0.1, -0.05) is 72.3 Å². The molecule has 0 unspecified atom stereocenters. The number of aromatic nitrogens is 4. The van der Waals surface area contributed by atoms with Crippen molar-refractivity contribution in [3.8, 4) is 16.9 Å².